The molecule has 4 heteroatoms. The number of benzene rings is 1. The Bertz CT molecular complexity index is 476. The SMILES string of the molecule is CC(C)(O[Si](C)(C)C(C)(C)C)c1cc(CO)ccc1Cl. The number of halogens is 1. The smallest absolute Gasteiger partial charge is 0.193 e. The molecule has 0 saturated heterocycles. The zero-order valence-corrected chi connectivity index (χ0v) is 15.4. The summed E-state index contributed by atoms with van der Waals surface area (Å²) in [7, 11) is -1.89. The monoisotopic (exact) mass is 314 g/mol. The Morgan fingerprint density at radius 2 is 1.70 bits per heavy atom. The van der Waals surface area contributed by atoms with Gasteiger partial charge < -0.3 is 9.53 Å². The summed E-state index contributed by atoms with van der Waals surface area (Å²) in [6.07, 6.45) is 0. The van der Waals surface area contributed by atoms with Crippen molar-refractivity contribution in [2.24, 2.45) is 0 Å². The van der Waals surface area contributed by atoms with Crippen LogP contribution in [0.25, 0.3) is 0 Å². The normalized spacial score (nSPS) is 13.7. The van der Waals surface area contributed by atoms with E-state index in [0.29, 0.717) is 5.02 Å². The molecule has 0 amide bonds. The maximum absolute atomic E-state index is 9.31. The van der Waals surface area contributed by atoms with Gasteiger partial charge in [0.15, 0.2) is 8.32 Å². The number of rotatable bonds is 4. The van der Waals surface area contributed by atoms with E-state index < -0.39 is 13.9 Å². The first-order valence-electron chi connectivity index (χ1n) is 7.01. The summed E-state index contributed by atoms with van der Waals surface area (Å²) < 4.78 is 6.53. The summed E-state index contributed by atoms with van der Waals surface area (Å²) in [4.78, 5) is 0. The van der Waals surface area contributed by atoms with Crippen LogP contribution < -0.4 is 0 Å². The fraction of sp³-hybridized carbons (Fsp3) is 0.625. The molecule has 1 N–H and O–H groups in total. The zero-order valence-electron chi connectivity index (χ0n) is 13.7. The lowest BCUT2D eigenvalue weighted by atomic mass is 9.96. The van der Waals surface area contributed by atoms with Crippen molar-refractivity contribution < 1.29 is 9.53 Å². The summed E-state index contributed by atoms with van der Waals surface area (Å²) in [5, 5.41) is 10.1. The maximum atomic E-state index is 9.31. The van der Waals surface area contributed by atoms with E-state index in [0.717, 1.165) is 11.1 Å². The van der Waals surface area contributed by atoms with Gasteiger partial charge >= 0.3 is 0 Å². The second-order valence-corrected chi connectivity index (χ2v) is 12.5. The average molecular weight is 315 g/mol. The van der Waals surface area contributed by atoms with Crippen LogP contribution in [0.5, 0.6) is 0 Å². The van der Waals surface area contributed by atoms with Crippen LogP contribution in [0, 0.1) is 0 Å². The highest BCUT2D eigenvalue weighted by Crippen LogP contribution is 2.43. The van der Waals surface area contributed by atoms with Gasteiger partial charge in [-0.15, -0.1) is 0 Å². The van der Waals surface area contributed by atoms with Crippen LogP contribution in [0.3, 0.4) is 0 Å². The summed E-state index contributed by atoms with van der Waals surface area (Å²) in [6.45, 7) is 15.3. The Morgan fingerprint density at radius 1 is 1.15 bits per heavy atom. The van der Waals surface area contributed by atoms with Gasteiger partial charge in [0.2, 0.25) is 0 Å². The molecule has 0 aromatic heterocycles. The highest BCUT2D eigenvalue weighted by Gasteiger charge is 2.42. The van der Waals surface area contributed by atoms with Crippen LogP contribution in [0.2, 0.25) is 23.2 Å². The van der Waals surface area contributed by atoms with Crippen molar-refractivity contribution in [3.8, 4) is 0 Å². The molecule has 0 atom stereocenters. The highest BCUT2D eigenvalue weighted by atomic mass is 35.5. The van der Waals surface area contributed by atoms with Crippen molar-refractivity contribution in [3.05, 3.63) is 34.3 Å². The molecule has 2 nitrogen and oxygen atoms in total. The van der Waals surface area contributed by atoms with E-state index in [1.54, 1.807) is 0 Å². The molecule has 0 aliphatic carbocycles. The van der Waals surface area contributed by atoms with Gasteiger partial charge in [-0.3, -0.25) is 0 Å². The molecular formula is C16H27ClO2Si. The third-order valence-corrected chi connectivity index (χ3v) is 9.14. The molecule has 0 bridgehead atoms. The lowest BCUT2D eigenvalue weighted by Gasteiger charge is -2.43. The molecule has 1 rings (SSSR count). The summed E-state index contributed by atoms with van der Waals surface area (Å²) in [5.41, 5.74) is 1.33. The van der Waals surface area contributed by atoms with Crippen molar-refractivity contribution >= 4 is 19.9 Å². The van der Waals surface area contributed by atoms with Gasteiger partial charge in [0.05, 0.1) is 12.2 Å². The van der Waals surface area contributed by atoms with Crippen LogP contribution in [0.15, 0.2) is 18.2 Å². The van der Waals surface area contributed by atoms with Gasteiger partial charge in [-0.1, -0.05) is 38.4 Å². The predicted molar refractivity (Wildman–Crippen MR) is 88.7 cm³/mol. The van der Waals surface area contributed by atoms with Crippen molar-refractivity contribution in [1.82, 2.24) is 0 Å². The summed E-state index contributed by atoms with van der Waals surface area (Å²) in [6, 6.07) is 5.61. The summed E-state index contributed by atoms with van der Waals surface area (Å²) in [5.74, 6) is 0. The Hall–Kier alpha value is -0.353. The van der Waals surface area contributed by atoms with E-state index in [4.69, 9.17) is 16.0 Å². The van der Waals surface area contributed by atoms with Crippen molar-refractivity contribution in [2.45, 2.75) is 65.0 Å². The number of hydrogen-bond acceptors (Lipinski definition) is 2. The largest absolute Gasteiger partial charge is 0.408 e. The van der Waals surface area contributed by atoms with E-state index in [1.807, 2.05) is 18.2 Å². The van der Waals surface area contributed by atoms with Gasteiger partial charge in [0.1, 0.15) is 0 Å². The third-order valence-electron chi connectivity index (χ3n) is 4.18. The van der Waals surface area contributed by atoms with E-state index >= 15 is 0 Å². The number of aliphatic hydroxyl groups is 1. The maximum Gasteiger partial charge on any atom is 0.193 e. The third kappa shape index (κ3) is 3.85. The fourth-order valence-corrected chi connectivity index (χ4v) is 4.02. The van der Waals surface area contributed by atoms with Crippen LogP contribution in [-0.4, -0.2) is 13.4 Å². The second kappa shape index (κ2) is 5.80. The molecule has 0 heterocycles. The molecule has 0 fully saturated rings. The molecular weight excluding hydrogens is 288 g/mol. The Morgan fingerprint density at radius 3 is 2.15 bits per heavy atom. The van der Waals surface area contributed by atoms with Gasteiger partial charge in [-0.2, -0.15) is 0 Å². The van der Waals surface area contributed by atoms with Gasteiger partial charge in [0, 0.05) is 10.6 Å². The first-order valence-corrected chi connectivity index (χ1v) is 10.3. The first-order chi connectivity index (χ1) is 8.90. The van der Waals surface area contributed by atoms with Crippen molar-refractivity contribution in [1.29, 1.82) is 0 Å². The minimum atomic E-state index is -1.89. The molecule has 20 heavy (non-hydrogen) atoms. The molecule has 1 aromatic rings. The number of aliphatic hydroxyl groups excluding tert-OH is 1. The van der Waals surface area contributed by atoms with Gasteiger partial charge in [0.25, 0.3) is 0 Å². The minimum Gasteiger partial charge on any atom is -0.408 e. The predicted octanol–water partition coefficient (Wildman–Crippen LogP) is 5.09. The highest BCUT2D eigenvalue weighted by molar-refractivity contribution is 6.74. The molecule has 0 unspecified atom stereocenters. The Kier molecular flexibility index (Phi) is 5.13. The molecule has 0 spiro atoms. The average Bonchev–Trinajstić information content (AvgIpc) is 2.26. The van der Waals surface area contributed by atoms with E-state index in [1.165, 1.54) is 0 Å². The van der Waals surface area contributed by atoms with E-state index in [9.17, 15) is 5.11 Å². The van der Waals surface area contributed by atoms with Crippen LogP contribution in [0.4, 0.5) is 0 Å². The molecule has 0 aliphatic heterocycles. The van der Waals surface area contributed by atoms with Crippen LogP contribution >= 0.6 is 11.6 Å². The molecule has 1 aromatic carbocycles. The van der Waals surface area contributed by atoms with E-state index in [2.05, 4.69) is 47.7 Å². The van der Waals surface area contributed by atoms with Gasteiger partial charge in [-0.25, -0.2) is 0 Å². The fourth-order valence-electron chi connectivity index (χ4n) is 1.98. The lowest BCUT2D eigenvalue weighted by Crippen LogP contribution is -2.46. The molecule has 0 radical (unpaired) electrons. The zero-order chi connectivity index (χ0) is 15.8. The first kappa shape index (κ1) is 17.7. The lowest BCUT2D eigenvalue weighted by molar-refractivity contribution is 0.0901. The Labute approximate surface area is 129 Å². The number of hydrogen-bond donors (Lipinski definition) is 1. The van der Waals surface area contributed by atoms with Crippen molar-refractivity contribution in [3.63, 3.8) is 0 Å². The molecule has 0 saturated carbocycles. The van der Waals surface area contributed by atoms with Crippen molar-refractivity contribution in [2.75, 3.05) is 0 Å². The Balaban J connectivity index is 3.17. The second-order valence-electron chi connectivity index (χ2n) is 7.34. The minimum absolute atomic E-state index is 0.0142. The summed E-state index contributed by atoms with van der Waals surface area (Å²) >= 11 is 6.33. The van der Waals surface area contributed by atoms with Crippen LogP contribution in [0.1, 0.15) is 45.7 Å². The van der Waals surface area contributed by atoms with E-state index in [-0.39, 0.29) is 11.6 Å². The standard InChI is InChI=1S/C16H27ClO2Si/c1-15(2,3)20(6,7)19-16(4,5)13-10-12(11-18)8-9-14(13)17/h8-10,18H,11H2,1-7H3. The van der Waals surface area contributed by atoms with Crippen LogP contribution in [-0.2, 0) is 16.6 Å². The van der Waals surface area contributed by atoms with Gasteiger partial charge in [-0.05, 0) is 49.7 Å². The molecule has 0 aliphatic rings. The molecule has 114 valence electrons. The topological polar surface area (TPSA) is 29.5 Å². The quantitative estimate of drug-likeness (QED) is 0.784.